The van der Waals surface area contributed by atoms with Crippen molar-refractivity contribution in [1.82, 2.24) is 21.3 Å². The zero-order valence-corrected chi connectivity index (χ0v) is 11.6. The molecule has 1 saturated carbocycles. The molecule has 2 fully saturated rings. The van der Waals surface area contributed by atoms with Crippen LogP contribution in [-0.4, -0.2) is 51.4 Å². The maximum absolute atomic E-state index is 3.76. The molecule has 0 aromatic carbocycles. The number of nitrogens with one attached hydrogen (secondary N) is 4. The van der Waals surface area contributed by atoms with Crippen molar-refractivity contribution in [3.63, 3.8) is 0 Å². The van der Waals surface area contributed by atoms with Crippen LogP contribution in [0.5, 0.6) is 0 Å². The quantitative estimate of drug-likeness (QED) is 0.507. The van der Waals surface area contributed by atoms with E-state index in [9.17, 15) is 0 Å². The molecule has 2 aliphatic rings. The highest BCUT2D eigenvalue weighted by molar-refractivity contribution is 4.86. The number of hydrogen-bond acceptors (Lipinski definition) is 4. The minimum Gasteiger partial charge on any atom is -0.315 e. The van der Waals surface area contributed by atoms with Crippen LogP contribution < -0.4 is 21.3 Å². The van der Waals surface area contributed by atoms with Gasteiger partial charge in [-0.2, -0.15) is 0 Å². The Morgan fingerprint density at radius 2 is 1.00 bits per heavy atom. The van der Waals surface area contributed by atoms with Crippen LogP contribution in [0.2, 0.25) is 0 Å². The third-order valence-corrected chi connectivity index (χ3v) is 4.12. The molecule has 2 rings (SSSR count). The highest BCUT2D eigenvalue weighted by Crippen LogP contribution is 2.18. The average Bonchev–Trinajstić information content (AvgIpc) is 2.41. The molecule has 1 saturated heterocycles. The molecule has 106 valence electrons. The topological polar surface area (TPSA) is 48.1 Å². The van der Waals surface area contributed by atoms with Crippen LogP contribution in [-0.2, 0) is 0 Å². The van der Waals surface area contributed by atoms with E-state index in [0.717, 1.165) is 39.3 Å². The second-order valence-corrected chi connectivity index (χ2v) is 5.61. The lowest BCUT2D eigenvalue weighted by molar-refractivity contribution is 0.282. The van der Waals surface area contributed by atoms with E-state index < -0.39 is 0 Å². The van der Waals surface area contributed by atoms with Gasteiger partial charge in [0.1, 0.15) is 0 Å². The molecule has 0 radical (unpaired) electrons. The third-order valence-electron chi connectivity index (χ3n) is 4.12. The summed E-state index contributed by atoms with van der Waals surface area (Å²) in [4.78, 5) is 0. The van der Waals surface area contributed by atoms with Gasteiger partial charge in [-0.25, -0.2) is 0 Å². The molecule has 1 heterocycles. The van der Waals surface area contributed by atoms with Gasteiger partial charge in [0.15, 0.2) is 0 Å². The van der Waals surface area contributed by atoms with Gasteiger partial charge in [-0.05, 0) is 51.9 Å². The van der Waals surface area contributed by atoms with Gasteiger partial charge in [0, 0.05) is 25.2 Å². The van der Waals surface area contributed by atoms with Crippen molar-refractivity contribution in [1.29, 1.82) is 0 Å². The van der Waals surface area contributed by atoms with E-state index in [-0.39, 0.29) is 0 Å². The third kappa shape index (κ3) is 5.22. The minimum atomic E-state index is 0.703. The molecule has 0 amide bonds. The van der Waals surface area contributed by atoms with E-state index in [0.29, 0.717) is 12.1 Å². The van der Waals surface area contributed by atoms with Gasteiger partial charge in [0.25, 0.3) is 0 Å². The first-order chi connectivity index (χ1) is 8.97. The van der Waals surface area contributed by atoms with Gasteiger partial charge in [0.05, 0.1) is 0 Å². The van der Waals surface area contributed by atoms with E-state index in [1.807, 2.05) is 0 Å². The molecule has 4 nitrogen and oxygen atoms in total. The normalized spacial score (nSPS) is 33.3. The van der Waals surface area contributed by atoms with E-state index in [1.165, 1.54) is 38.5 Å². The summed E-state index contributed by atoms with van der Waals surface area (Å²) in [6.45, 7) is 6.78. The monoisotopic (exact) mass is 254 g/mol. The standard InChI is InChI=1S/C14H30N4/c1-2-6-14-13(5-1)17-9-3-7-15-11-12-16-8-4-10-18-14/h13-18H,1-12H2/t13-,14-/m1/s1. The van der Waals surface area contributed by atoms with Gasteiger partial charge in [0.2, 0.25) is 0 Å². The maximum Gasteiger partial charge on any atom is 0.0221 e. The predicted molar refractivity (Wildman–Crippen MR) is 77.0 cm³/mol. The number of hydrogen-bond donors (Lipinski definition) is 4. The van der Waals surface area contributed by atoms with Crippen LogP contribution in [0.15, 0.2) is 0 Å². The molecule has 4 heteroatoms. The molecular formula is C14H30N4. The zero-order chi connectivity index (χ0) is 12.5. The Hall–Kier alpha value is -0.160. The number of fused-ring (bicyclic) bond motifs is 1. The maximum atomic E-state index is 3.76. The zero-order valence-electron chi connectivity index (χ0n) is 11.6. The Labute approximate surface area is 112 Å². The van der Waals surface area contributed by atoms with Crippen LogP contribution in [0, 0.1) is 0 Å². The minimum absolute atomic E-state index is 0.703. The first kappa shape index (κ1) is 14.3. The van der Waals surface area contributed by atoms with Crippen LogP contribution >= 0.6 is 0 Å². The number of rotatable bonds is 0. The second-order valence-electron chi connectivity index (χ2n) is 5.61. The summed E-state index contributed by atoms with van der Waals surface area (Å²) < 4.78 is 0. The fourth-order valence-electron chi connectivity index (χ4n) is 3.05. The molecule has 0 unspecified atom stereocenters. The van der Waals surface area contributed by atoms with E-state index in [2.05, 4.69) is 21.3 Å². The fraction of sp³-hybridized carbons (Fsp3) is 1.00. The molecular weight excluding hydrogens is 224 g/mol. The lowest BCUT2D eigenvalue weighted by atomic mass is 9.90. The smallest absolute Gasteiger partial charge is 0.0221 e. The summed E-state index contributed by atoms with van der Waals surface area (Å²) >= 11 is 0. The summed E-state index contributed by atoms with van der Waals surface area (Å²) in [5.74, 6) is 0. The van der Waals surface area contributed by atoms with Gasteiger partial charge in [-0.3, -0.25) is 0 Å². The van der Waals surface area contributed by atoms with Gasteiger partial charge >= 0.3 is 0 Å². The van der Waals surface area contributed by atoms with Crippen molar-refractivity contribution < 1.29 is 0 Å². The van der Waals surface area contributed by atoms with Crippen LogP contribution in [0.3, 0.4) is 0 Å². The highest BCUT2D eigenvalue weighted by atomic mass is 15.0. The molecule has 1 aliphatic carbocycles. The Bertz CT molecular complexity index is 188. The average molecular weight is 254 g/mol. The van der Waals surface area contributed by atoms with Crippen molar-refractivity contribution in [2.45, 2.75) is 50.6 Å². The molecule has 4 N–H and O–H groups in total. The lowest BCUT2D eigenvalue weighted by Gasteiger charge is -2.33. The first-order valence-electron chi connectivity index (χ1n) is 7.85. The summed E-state index contributed by atoms with van der Waals surface area (Å²) in [5.41, 5.74) is 0. The molecule has 18 heavy (non-hydrogen) atoms. The van der Waals surface area contributed by atoms with Gasteiger partial charge in [-0.15, -0.1) is 0 Å². The Balaban J connectivity index is 1.75. The van der Waals surface area contributed by atoms with Crippen molar-refractivity contribution in [2.75, 3.05) is 39.3 Å². The van der Waals surface area contributed by atoms with Gasteiger partial charge < -0.3 is 21.3 Å². The summed E-state index contributed by atoms with van der Waals surface area (Å²) in [7, 11) is 0. The largest absolute Gasteiger partial charge is 0.315 e. The summed E-state index contributed by atoms with van der Waals surface area (Å²) in [6.07, 6.45) is 7.98. The SMILES string of the molecule is C1CNCCNCCCN[C@@H]2CCCC[C@H]2NC1. The summed E-state index contributed by atoms with van der Waals surface area (Å²) in [5, 5.41) is 14.5. The molecule has 0 aromatic heterocycles. The van der Waals surface area contributed by atoms with Crippen molar-refractivity contribution in [3.05, 3.63) is 0 Å². The molecule has 1 aliphatic heterocycles. The predicted octanol–water partition coefficient (Wildman–Crippen LogP) is 0.450. The van der Waals surface area contributed by atoms with Crippen molar-refractivity contribution in [2.24, 2.45) is 0 Å². The lowest BCUT2D eigenvalue weighted by Crippen LogP contribution is -2.50. The van der Waals surface area contributed by atoms with Crippen LogP contribution in [0.4, 0.5) is 0 Å². The van der Waals surface area contributed by atoms with Crippen molar-refractivity contribution >= 4 is 0 Å². The summed E-state index contributed by atoms with van der Waals surface area (Å²) in [6, 6.07) is 1.41. The molecule has 0 aromatic rings. The second kappa shape index (κ2) is 8.86. The van der Waals surface area contributed by atoms with E-state index in [1.54, 1.807) is 0 Å². The molecule has 2 atom stereocenters. The Morgan fingerprint density at radius 3 is 1.50 bits per heavy atom. The van der Waals surface area contributed by atoms with E-state index in [4.69, 9.17) is 0 Å². The Kier molecular flexibility index (Phi) is 7.01. The highest BCUT2D eigenvalue weighted by Gasteiger charge is 2.23. The first-order valence-corrected chi connectivity index (χ1v) is 7.85. The molecule has 0 spiro atoms. The Morgan fingerprint density at radius 1 is 0.500 bits per heavy atom. The molecule has 0 bridgehead atoms. The van der Waals surface area contributed by atoms with Crippen LogP contribution in [0.25, 0.3) is 0 Å². The van der Waals surface area contributed by atoms with Crippen molar-refractivity contribution in [3.8, 4) is 0 Å². The van der Waals surface area contributed by atoms with Crippen LogP contribution in [0.1, 0.15) is 38.5 Å². The van der Waals surface area contributed by atoms with E-state index >= 15 is 0 Å². The van der Waals surface area contributed by atoms with Gasteiger partial charge in [-0.1, -0.05) is 12.8 Å². The fourth-order valence-corrected chi connectivity index (χ4v) is 3.05.